The van der Waals surface area contributed by atoms with Crippen molar-refractivity contribution in [2.45, 2.75) is 13.3 Å². The van der Waals surface area contributed by atoms with Crippen molar-refractivity contribution in [2.24, 2.45) is 0 Å². The van der Waals surface area contributed by atoms with Crippen LogP contribution in [0.25, 0.3) is 0 Å². The van der Waals surface area contributed by atoms with Crippen LogP contribution in [0.4, 0.5) is 4.39 Å². The first-order valence-corrected chi connectivity index (χ1v) is 4.72. The van der Waals surface area contributed by atoms with Crippen LogP contribution in [0.1, 0.15) is 22.5 Å². The van der Waals surface area contributed by atoms with Gasteiger partial charge in [0.2, 0.25) is 5.78 Å². The van der Waals surface area contributed by atoms with E-state index in [2.05, 4.69) is 9.72 Å². The molecule has 0 spiro atoms. The minimum absolute atomic E-state index is 0.451. The lowest BCUT2D eigenvalue weighted by atomic mass is 10.1. The number of aryl methyl sites for hydroxylation is 1. The van der Waals surface area contributed by atoms with Crippen LogP contribution in [0.15, 0.2) is 12.3 Å². The number of hydrogen-bond acceptors (Lipinski definition) is 5. The highest BCUT2D eigenvalue weighted by atomic mass is 19.1. The lowest BCUT2D eigenvalue weighted by Gasteiger charge is -2.01. The van der Waals surface area contributed by atoms with Crippen molar-refractivity contribution in [2.75, 3.05) is 7.11 Å². The van der Waals surface area contributed by atoms with Gasteiger partial charge in [0.15, 0.2) is 11.6 Å². The number of methoxy groups -OCH3 is 1. The van der Waals surface area contributed by atoms with E-state index in [1.165, 1.54) is 6.20 Å². The number of hydrogen-bond donors (Lipinski definition) is 0. The number of aromatic nitrogens is 1. The molecule has 0 aromatic carbocycles. The molecule has 1 aromatic heterocycles. The standard InChI is InChI=1S/C11H10FNO4/c1-6-3-7(12)10(13-5-6)8(14)4-9(15)11(16)17-2/h3,5H,4H2,1-2H3. The molecule has 5 nitrogen and oxygen atoms in total. The van der Waals surface area contributed by atoms with Gasteiger partial charge >= 0.3 is 5.97 Å². The van der Waals surface area contributed by atoms with Gasteiger partial charge in [0.25, 0.3) is 0 Å². The van der Waals surface area contributed by atoms with Crippen molar-refractivity contribution in [3.63, 3.8) is 0 Å². The number of carbonyl (C=O) groups is 3. The molecule has 0 radical (unpaired) electrons. The Morgan fingerprint density at radius 3 is 2.59 bits per heavy atom. The number of esters is 1. The van der Waals surface area contributed by atoms with Gasteiger partial charge in [0.05, 0.1) is 13.5 Å². The van der Waals surface area contributed by atoms with Gasteiger partial charge in [-0.1, -0.05) is 0 Å². The molecule has 0 saturated heterocycles. The predicted molar refractivity (Wildman–Crippen MR) is 54.9 cm³/mol. The van der Waals surface area contributed by atoms with Crippen LogP contribution in [-0.2, 0) is 14.3 Å². The highest BCUT2D eigenvalue weighted by molar-refractivity contribution is 6.37. The van der Waals surface area contributed by atoms with Crippen LogP contribution in [0, 0.1) is 12.7 Å². The second kappa shape index (κ2) is 5.29. The summed E-state index contributed by atoms with van der Waals surface area (Å²) in [6.07, 6.45) is 0.554. The molecular weight excluding hydrogens is 229 g/mol. The molecule has 0 unspecified atom stereocenters. The van der Waals surface area contributed by atoms with Gasteiger partial charge in [-0.25, -0.2) is 14.2 Å². The fourth-order valence-corrected chi connectivity index (χ4v) is 1.15. The van der Waals surface area contributed by atoms with E-state index in [1.54, 1.807) is 6.92 Å². The minimum Gasteiger partial charge on any atom is -0.463 e. The van der Waals surface area contributed by atoms with Crippen LogP contribution in [-0.4, -0.2) is 29.6 Å². The zero-order valence-corrected chi connectivity index (χ0v) is 9.32. The predicted octanol–water partition coefficient (Wildman–Crippen LogP) is 0.844. The number of ether oxygens (including phenoxy) is 1. The lowest BCUT2D eigenvalue weighted by molar-refractivity contribution is -0.151. The third kappa shape index (κ3) is 3.17. The number of nitrogens with zero attached hydrogens (tertiary/aromatic N) is 1. The van der Waals surface area contributed by atoms with E-state index in [-0.39, 0.29) is 0 Å². The highest BCUT2D eigenvalue weighted by Gasteiger charge is 2.22. The van der Waals surface area contributed by atoms with E-state index < -0.39 is 35.5 Å². The van der Waals surface area contributed by atoms with Gasteiger partial charge in [-0.15, -0.1) is 0 Å². The van der Waals surface area contributed by atoms with Crippen LogP contribution < -0.4 is 0 Å². The zero-order valence-electron chi connectivity index (χ0n) is 9.32. The maximum atomic E-state index is 13.3. The summed E-state index contributed by atoms with van der Waals surface area (Å²) >= 11 is 0. The number of pyridine rings is 1. The van der Waals surface area contributed by atoms with E-state index in [0.29, 0.717) is 5.56 Å². The van der Waals surface area contributed by atoms with E-state index in [4.69, 9.17) is 0 Å². The molecule has 0 amide bonds. The Hall–Kier alpha value is -2.11. The number of ketones is 2. The van der Waals surface area contributed by atoms with Gasteiger partial charge in [-0.2, -0.15) is 0 Å². The topological polar surface area (TPSA) is 73.3 Å². The second-order valence-corrected chi connectivity index (χ2v) is 3.36. The van der Waals surface area contributed by atoms with Gasteiger partial charge in [0, 0.05) is 6.20 Å². The Balaban J connectivity index is 2.84. The SMILES string of the molecule is COC(=O)C(=O)CC(=O)c1ncc(C)cc1F. The van der Waals surface area contributed by atoms with Crippen LogP contribution in [0.3, 0.4) is 0 Å². The molecule has 0 N–H and O–H groups in total. The highest BCUT2D eigenvalue weighted by Crippen LogP contribution is 2.09. The Kier molecular flexibility index (Phi) is 4.03. The van der Waals surface area contributed by atoms with Crippen molar-refractivity contribution in [3.8, 4) is 0 Å². The zero-order chi connectivity index (χ0) is 13.0. The normalized spacial score (nSPS) is 9.82. The third-order valence-electron chi connectivity index (χ3n) is 1.98. The van der Waals surface area contributed by atoms with E-state index >= 15 is 0 Å². The van der Waals surface area contributed by atoms with Crippen molar-refractivity contribution in [1.29, 1.82) is 0 Å². The molecule has 6 heteroatoms. The van der Waals surface area contributed by atoms with Gasteiger partial charge in [-0.3, -0.25) is 9.59 Å². The van der Waals surface area contributed by atoms with Crippen molar-refractivity contribution < 1.29 is 23.5 Å². The molecule has 1 rings (SSSR count). The molecule has 0 atom stereocenters. The number of carbonyl (C=O) groups excluding carboxylic acids is 3. The average Bonchev–Trinajstić information content (AvgIpc) is 2.27. The Morgan fingerprint density at radius 2 is 2.06 bits per heavy atom. The summed E-state index contributed by atoms with van der Waals surface area (Å²) in [7, 11) is 1.02. The largest absolute Gasteiger partial charge is 0.463 e. The Bertz CT molecular complexity index is 484. The fraction of sp³-hybridized carbons (Fsp3) is 0.273. The molecule has 0 aliphatic heterocycles. The quantitative estimate of drug-likeness (QED) is 0.337. The summed E-state index contributed by atoms with van der Waals surface area (Å²) in [6.45, 7) is 1.62. The minimum atomic E-state index is -1.13. The second-order valence-electron chi connectivity index (χ2n) is 3.36. The Morgan fingerprint density at radius 1 is 1.41 bits per heavy atom. The van der Waals surface area contributed by atoms with E-state index in [0.717, 1.165) is 13.2 Å². The van der Waals surface area contributed by atoms with Crippen molar-refractivity contribution in [1.82, 2.24) is 4.98 Å². The molecule has 0 fully saturated rings. The van der Waals surface area contributed by atoms with Gasteiger partial charge in [0.1, 0.15) is 5.69 Å². The number of halogens is 1. The molecule has 0 aliphatic carbocycles. The summed E-state index contributed by atoms with van der Waals surface area (Å²) < 4.78 is 17.5. The number of Topliss-reactive ketones (excluding diaryl/α,β-unsaturated/α-hetero) is 2. The van der Waals surface area contributed by atoms with Crippen molar-refractivity contribution >= 4 is 17.5 Å². The molecule has 0 saturated carbocycles. The van der Waals surface area contributed by atoms with Crippen LogP contribution in [0.2, 0.25) is 0 Å². The van der Waals surface area contributed by atoms with Crippen LogP contribution in [0.5, 0.6) is 0 Å². The maximum absolute atomic E-state index is 13.3. The van der Waals surface area contributed by atoms with Gasteiger partial charge in [-0.05, 0) is 18.6 Å². The smallest absolute Gasteiger partial charge is 0.374 e. The first-order valence-electron chi connectivity index (χ1n) is 4.72. The van der Waals surface area contributed by atoms with E-state index in [1.807, 2.05) is 0 Å². The third-order valence-corrected chi connectivity index (χ3v) is 1.98. The summed E-state index contributed by atoms with van der Waals surface area (Å²) in [5.41, 5.74) is 0.103. The summed E-state index contributed by atoms with van der Waals surface area (Å²) in [4.78, 5) is 36.9. The molecular formula is C11H10FNO4. The molecule has 1 heterocycles. The summed E-state index contributed by atoms with van der Waals surface area (Å²) in [5.74, 6) is -3.82. The van der Waals surface area contributed by atoms with Crippen LogP contribution >= 0.6 is 0 Å². The first-order chi connectivity index (χ1) is 7.95. The maximum Gasteiger partial charge on any atom is 0.374 e. The Labute approximate surface area is 96.6 Å². The van der Waals surface area contributed by atoms with Crippen molar-refractivity contribution in [3.05, 3.63) is 29.3 Å². The fourth-order valence-electron chi connectivity index (χ4n) is 1.15. The summed E-state index contributed by atoms with van der Waals surface area (Å²) in [6, 6.07) is 1.13. The monoisotopic (exact) mass is 239 g/mol. The van der Waals surface area contributed by atoms with Gasteiger partial charge < -0.3 is 4.74 Å². The molecule has 90 valence electrons. The molecule has 17 heavy (non-hydrogen) atoms. The van der Waals surface area contributed by atoms with E-state index in [9.17, 15) is 18.8 Å². The molecule has 1 aromatic rings. The first kappa shape index (κ1) is 13.0. The average molecular weight is 239 g/mol. The molecule has 0 aliphatic rings. The lowest BCUT2D eigenvalue weighted by Crippen LogP contribution is -2.20. The molecule has 0 bridgehead atoms. The summed E-state index contributed by atoms with van der Waals surface area (Å²) in [5, 5.41) is 0. The number of rotatable bonds is 4.